The van der Waals surface area contributed by atoms with E-state index in [9.17, 15) is 5.11 Å². The fourth-order valence-electron chi connectivity index (χ4n) is 0.953. The molecule has 1 N–H and O–H groups in total. The Morgan fingerprint density at radius 2 is 1.80 bits per heavy atom. The first-order chi connectivity index (χ1) is 7.27. The summed E-state index contributed by atoms with van der Waals surface area (Å²) >= 11 is 0. The molecule has 1 rings (SSSR count). The van der Waals surface area contributed by atoms with Gasteiger partial charge in [0, 0.05) is 6.07 Å². The van der Waals surface area contributed by atoms with E-state index in [-0.39, 0.29) is 19.0 Å². The molecule has 0 saturated carbocycles. The largest absolute Gasteiger partial charge is 0.504 e. The van der Waals surface area contributed by atoms with Crippen LogP contribution in [0.3, 0.4) is 0 Å². The summed E-state index contributed by atoms with van der Waals surface area (Å²) in [5.74, 6) is 5.40. The number of aromatic hydroxyl groups is 1. The van der Waals surface area contributed by atoms with Crippen molar-refractivity contribution in [2.75, 3.05) is 13.2 Å². The SMILES string of the molecule is C#CCOc1ccc(OCC#C)c(O)c1. The smallest absolute Gasteiger partial charge is 0.162 e. The average molecular weight is 202 g/mol. The molecule has 3 nitrogen and oxygen atoms in total. The van der Waals surface area contributed by atoms with Crippen LogP contribution < -0.4 is 9.47 Å². The minimum absolute atomic E-state index is 0.0280. The second-order valence-corrected chi connectivity index (χ2v) is 2.62. The van der Waals surface area contributed by atoms with Crippen molar-refractivity contribution in [2.24, 2.45) is 0 Å². The molecule has 0 aliphatic heterocycles. The van der Waals surface area contributed by atoms with Crippen molar-refractivity contribution in [1.82, 2.24) is 0 Å². The molecule has 3 heteroatoms. The third-order valence-electron chi connectivity index (χ3n) is 1.56. The van der Waals surface area contributed by atoms with Crippen LogP contribution in [0, 0.1) is 24.7 Å². The van der Waals surface area contributed by atoms with E-state index in [1.807, 2.05) is 0 Å². The lowest BCUT2D eigenvalue weighted by Crippen LogP contribution is -1.96. The second-order valence-electron chi connectivity index (χ2n) is 2.62. The number of phenolic OH excluding ortho intramolecular Hbond substituents is 1. The number of hydrogen-bond donors (Lipinski definition) is 1. The monoisotopic (exact) mass is 202 g/mol. The van der Waals surface area contributed by atoms with Crippen molar-refractivity contribution in [1.29, 1.82) is 0 Å². The predicted octanol–water partition coefficient (Wildman–Crippen LogP) is 1.42. The van der Waals surface area contributed by atoms with Gasteiger partial charge in [0.2, 0.25) is 0 Å². The lowest BCUT2D eigenvalue weighted by Gasteiger charge is -2.07. The normalized spacial score (nSPS) is 8.67. The summed E-state index contributed by atoms with van der Waals surface area (Å²) in [6, 6.07) is 4.63. The maximum atomic E-state index is 9.49. The summed E-state index contributed by atoms with van der Waals surface area (Å²) in [4.78, 5) is 0. The number of rotatable bonds is 4. The van der Waals surface area contributed by atoms with E-state index in [1.165, 1.54) is 6.07 Å². The van der Waals surface area contributed by atoms with E-state index in [0.717, 1.165) is 0 Å². The van der Waals surface area contributed by atoms with Gasteiger partial charge < -0.3 is 14.6 Å². The first kappa shape index (κ1) is 10.8. The van der Waals surface area contributed by atoms with Crippen LogP contribution in [0.1, 0.15) is 0 Å². The highest BCUT2D eigenvalue weighted by molar-refractivity contribution is 5.44. The molecule has 0 bridgehead atoms. The van der Waals surface area contributed by atoms with E-state index in [2.05, 4.69) is 11.8 Å². The van der Waals surface area contributed by atoms with E-state index in [4.69, 9.17) is 22.3 Å². The molecule has 0 heterocycles. The highest BCUT2D eigenvalue weighted by atomic mass is 16.5. The lowest BCUT2D eigenvalue weighted by atomic mass is 10.3. The van der Waals surface area contributed by atoms with Crippen molar-refractivity contribution in [2.45, 2.75) is 0 Å². The third-order valence-corrected chi connectivity index (χ3v) is 1.56. The highest BCUT2D eigenvalue weighted by Crippen LogP contribution is 2.29. The zero-order chi connectivity index (χ0) is 11.1. The van der Waals surface area contributed by atoms with Crippen LogP contribution in [0.2, 0.25) is 0 Å². The van der Waals surface area contributed by atoms with Crippen LogP contribution in [0.25, 0.3) is 0 Å². The van der Waals surface area contributed by atoms with Crippen LogP contribution in [-0.4, -0.2) is 18.3 Å². The Balaban J connectivity index is 2.71. The van der Waals surface area contributed by atoms with Gasteiger partial charge in [-0.25, -0.2) is 0 Å². The van der Waals surface area contributed by atoms with E-state index >= 15 is 0 Å². The number of ether oxygens (including phenoxy) is 2. The molecule has 0 aliphatic rings. The van der Waals surface area contributed by atoms with Crippen LogP contribution in [0.5, 0.6) is 17.2 Å². The maximum absolute atomic E-state index is 9.49. The van der Waals surface area contributed by atoms with E-state index in [0.29, 0.717) is 11.5 Å². The van der Waals surface area contributed by atoms with Gasteiger partial charge in [-0.1, -0.05) is 11.8 Å². The molecule has 0 unspecified atom stereocenters. The Hall–Kier alpha value is -2.26. The molecule has 0 spiro atoms. The van der Waals surface area contributed by atoms with Gasteiger partial charge in [0.1, 0.15) is 19.0 Å². The topological polar surface area (TPSA) is 38.7 Å². The van der Waals surface area contributed by atoms with Gasteiger partial charge in [0.15, 0.2) is 11.5 Å². The Morgan fingerprint density at radius 1 is 1.13 bits per heavy atom. The fraction of sp³-hybridized carbons (Fsp3) is 0.167. The quantitative estimate of drug-likeness (QED) is 0.750. The van der Waals surface area contributed by atoms with Gasteiger partial charge in [-0.15, -0.1) is 12.8 Å². The summed E-state index contributed by atoms with van der Waals surface area (Å²) in [5, 5.41) is 9.49. The van der Waals surface area contributed by atoms with E-state index < -0.39 is 0 Å². The van der Waals surface area contributed by atoms with Gasteiger partial charge in [0.25, 0.3) is 0 Å². The molecule has 0 aliphatic carbocycles. The average Bonchev–Trinajstić information content (AvgIpc) is 2.25. The molecular formula is C12H10O3. The molecule has 0 amide bonds. The molecule has 76 valence electrons. The molecule has 0 radical (unpaired) electrons. The summed E-state index contributed by atoms with van der Waals surface area (Å²) < 4.78 is 10.2. The van der Waals surface area contributed by atoms with Crippen LogP contribution >= 0.6 is 0 Å². The Labute approximate surface area is 88.6 Å². The van der Waals surface area contributed by atoms with Crippen LogP contribution in [0.4, 0.5) is 0 Å². The molecular weight excluding hydrogens is 192 g/mol. The number of benzene rings is 1. The van der Waals surface area contributed by atoms with E-state index in [1.54, 1.807) is 12.1 Å². The van der Waals surface area contributed by atoms with Crippen molar-refractivity contribution >= 4 is 0 Å². The zero-order valence-electron chi connectivity index (χ0n) is 8.06. The lowest BCUT2D eigenvalue weighted by molar-refractivity contribution is 0.334. The van der Waals surface area contributed by atoms with Crippen LogP contribution in [-0.2, 0) is 0 Å². The highest BCUT2D eigenvalue weighted by Gasteiger charge is 2.03. The van der Waals surface area contributed by atoms with Crippen LogP contribution in [0.15, 0.2) is 18.2 Å². The number of hydrogen-bond acceptors (Lipinski definition) is 3. The number of phenols is 1. The second kappa shape index (κ2) is 5.47. The van der Waals surface area contributed by atoms with Gasteiger partial charge in [-0.3, -0.25) is 0 Å². The fourth-order valence-corrected chi connectivity index (χ4v) is 0.953. The van der Waals surface area contributed by atoms with Crippen molar-refractivity contribution < 1.29 is 14.6 Å². The first-order valence-electron chi connectivity index (χ1n) is 4.23. The Bertz CT molecular complexity index is 410. The number of terminal acetylenes is 2. The standard InChI is InChI=1S/C12H10O3/c1-3-7-14-10-5-6-12(11(13)9-10)15-8-4-2/h1-2,5-6,9,13H,7-8H2. The van der Waals surface area contributed by atoms with Crippen molar-refractivity contribution in [3.63, 3.8) is 0 Å². The Kier molecular flexibility index (Phi) is 3.94. The van der Waals surface area contributed by atoms with Gasteiger partial charge in [0.05, 0.1) is 0 Å². The summed E-state index contributed by atoms with van der Waals surface area (Å²) in [6.07, 6.45) is 10.0. The molecule has 15 heavy (non-hydrogen) atoms. The molecule has 1 aromatic carbocycles. The first-order valence-corrected chi connectivity index (χ1v) is 4.23. The van der Waals surface area contributed by atoms with Gasteiger partial charge >= 0.3 is 0 Å². The molecule has 0 aromatic heterocycles. The minimum atomic E-state index is -0.0280. The van der Waals surface area contributed by atoms with Crippen molar-refractivity contribution in [3.8, 4) is 41.9 Å². The Morgan fingerprint density at radius 3 is 2.40 bits per heavy atom. The predicted molar refractivity (Wildman–Crippen MR) is 56.8 cm³/mol. The van der Waals surface area contributed by atoms with Gasteiger partial charge in [-0.2, -0.15) is 0 Å². The van der Waals surface area contributed by atoms with Crippen molar-refractivity contribution in [3.05, 3.63) is 18.2 Å². The molecule has 1 aromatic rings. The minimum Gasteiger partial charge on any atom is -0.504 e. The maximum Gasteiger partial charge on any atom is 0.162 e. The summed E-state index contributed by atoms with van der Waals surface area (Å²) in [6.45, 7) is 0.266. The zero-order valence-corrected chi connectivity index (χ0v) is 8.06. The molecule has 0 saturated heterocycles. The van der Waals surface area contributed by atoms with Gasteiger partial charge in [-0.05, 0) is 12.1 Å². The summed E-state index contributed by atoms with van der Waals surface area (Å²) in [7, 11) is 0. The molecule has 0 atom stereocenters. The molecule has 0 fully saturated rings. The summed E-state index contributed by atoms with van der Waals surface area (Å²) in [5.41, 5.74) is 0. The third kappa shape index (κ3) is 3.17.